The average Bonchev–Trinajstić information content (AvgIpc) is 3.05. The van der Waals surface area contributed by atoms with Gasteiger partial charge in [-0.2, -0.15) is 0 Å². The highest BCUT2D eigenvalue weighted by Gasteiger charge is 2.40. The summed E-state index contributed by atoms with van der Waals surface area (Å²) >= 11 is 0. The predicted octanol–water partition coefficient (Wildman–Crippen LogP) is 0.800. The van der Waals surface area contributed by atoms with E-state index in [9.17, 15) is 4.79 Å². The number of hydrogen-bond acceptors (Lipinski definition) is 4. The first kappa shape index (κ1) is 14.4. The van der Waals surface area contributed by atoms with Gasteiger partial charge in [0.1, 0.15) is 5.76 Å². The molecule has 1 aromatic heterocycles. The number of fused-ring (bicyclic) bond motifs is 1. The van der Waals surface area contributed by atoms with Crippen LogP contribution in [0.1, 0.15) is 5.76 Å². The van der Waals surface area contributed by atoms with E-state index in [0.717, 1.165) is 25.5 Å². The maximum Gasteiger partial charge on any atom is 0.226 e. The molecular formula is C13H19ClN2O3. The van der Waals surface area contributed by atoms with Gasteiger partial charge in [-0.15, -0.1) is 12.4 Å². The Bertz CT molecular complexity index is 410. The van der Waals surface area contributed by atoms with Crippen LogP contribution in [0.2, 0.25) is 0 Å². The minimum atomic E-state index is -0.0336. The molecule has 0 bridgehead atoms. The van der Waals surface area contributed by atoms with Crippen LogP contribution >= 0.6 is 12.4 Å². The summed E-state index contributed by atoms with van der Waals surface area (Å²) in [5.41, 5.74) is 0. The van der Waals surface area contributed by atoms with E-state index in [1.807, 2.05) is 12.1 Å². The van der Waals surface area contributed by atoms with Gasteiger partial charge in [-0.05, 0) is 30.5 Å². The van der Waals surface area contributed by atoms with Crippen molar-refractivity contribution in [3.05, 3.63) is 24.2 Å². The number of carbonyl (C=O) groups excluding carboxylic acids is 1. The fourth-order valence-electron chi connectivity index (χ4n) is 2.87. The Kier molecular flexibility index (Phi) is 4.85. The zero-order valence-corrected chi connectivity index (χ0v) is 11.4. The normalized spacial score (nSPS) is 29.4. The SMILES string of the molecule is Cl.O=C(NCc1ccco1)[C@@H]1COC[C@H]2CNC[C@H]21. The van der Waals surface area contributed by atoms with E-state index in [4.69, 9.17) is 9.15 Å². The summed E-state index contributed by atoms with van der Waals surface area (Å²) < 4.78 is 10.7. The second-order valence-corrected chi connectivity index (χ2v) is 5.02. The lowest BCUT2D eigenvalue weighted by Crippen LogP contribution is -2.44. The molecule has 2 aliphatic heterocycles. The van der Waals surface area contributed by atoms with Crippen molar-refractivity contribution in [1.82, 2.24) is 10.6 Å². The highest BCUT2D eigenvalue weighted by atomic mass is 35.5. The zero-order chi connectivity index (χ0) is 12.4. The number of rotatable bonds is 3. The van der Waals surface area contributed by atoms with E-state index >= 15 is 0 Å². The van der Waals surface area contributed by atoms with Crippen molar-refractivity contribution >= 4 is 18.3 Å². The summed E-state index contributed by atoms with van der Waals surface area (Å²) in [4.78, 5) is 12.2. The second-order valence-electron chi connectivity index (χ2n) is 5.02. The Labute approximate surface area is 118 Å². The quantitative estimate of drug-likeness (QED) is 0.863. The highest BCUT2D eigenvalue weighted by Crippen LogP contribution is 2.30. The molecule has 0 radical (unpaired) electrons. The van der Waals surface area contributed by atoms with Gasteiger partial charge in [0, 0.05) is 6.54 Å². The van der Waals surface area contributed by atoms with Crippen molar-refractivity contribution in [2.75, 3.05) is 26.3 Å². The molecule has 3 heterocycles. The third kappa shape index (κ3) is 3.11. The van der Waals surface area contributed by atoms with Crippen LogP contribution in [0.4, 0.5) is 0 Å². The van der Waals surface area contributed by atoms with Crippen LogP contribution in [0, 0.1) is 17.8 Å². The van der Waals surface area contributed by atoms with Gasteiger partial charge in [0.2, 0.25) is 5.91 Å². The van der Waals surface area contributed by atoms with Gasteiger partial charge in [0.25, 0.3) is 0 Å². The largest absolute Gasteiger partial charge is 0.467 e. The zero-order valence-electron chi connectivity index (χ0n) is 10.6. The molecule has 1 amide bonds. The minimum absolute atomic E-state index is 0. The fraction of sp³-hybridized carbons (Fsp3) is 0.615. The summed E-state index contributed by atoms with van der Waals surface area (Å²) in [5.74, 6) is 1.72. The van der Waals surface area contributed by atoms with Crippen molar-refractivity contribution < 1.29 is 13.9 Å². The van der Waals surface area contributed by atoms with Gasteiger partial charge >= 0.3 is 0 Å². The summed E-state index contributed by atoms with van der Waals surface area (Å²) in [5, 5.41) is 6.27. The predicted molar refractivity (Wildman–Crippen MR) is 72.0 cm³/mol. The summed E-state index contributed by atoms with van der Waals surface area (Å²) in [6, 6.07) is 3.68. The smallest absolute Gasteiger partial charge is 0.226 e. The van der Waals surface area contributed by atoms with Gasteiger partial charge in [-0.25, -0.2) is 0 Å². The van der Waals surface area contributed by atoms with E-state index in [1.165, 1.54) is 0 Å². The molecular weight excluding hydrogens is 268 g/mol. The van der Waals surface area contributed by atoms with Crippen LogP contribution in [0.5, 0.6) is 0 Å². The van der Waals surface area contributed by atoms with Crippen LogP contribution in [-0.2, 0) is 16.1 Å². The summed E-state index contributed by atoms with van der Waals surface area (Å²) in [6.45, 7) is 3.65. The Morgan fingerprint density at radius 2 is 2.32 bits per heavy atom. The van der Waals surface area contributed by atoms with E-state index in [0.29, 0.717) is 25.0 Å². The van der Waals surface area contributed by atoms with E-state index in [1.54, 1.807) is 6.26 Å². The Morgan fingerprint density at radius 3 is 3.11 bits per heavy atom. The number of ether oxygens (including phenoxy) is 1. The molecule has 2 aliphatic rings. The molecule has 0 unspecified atom stereocenters. The van der Waals surface area contributed by atoms with Crippen LogP contribution in [0.15, 0.2) is 22.8 Å². The summed E-state index contributed by atoms with van der Waals surface area (Å²) in [6.07, 6.45) is 1.61. The molecule has 0 saturated carbocycles. The maximum absolute atomic E-state index is 12.2. The van der Waals surface area contributed by atoms with Gasteiger partial charge in [0.15, 0.2) is 0 Å². The lowest BCUT2D eigenvalue weighted by Gasteiger charge is -2.31. The lowest BCUT2D eigenvalue weighted by molar-refractivity contribution is -0.133. The van der Waals surface area contributed by atoms with Gasteiger partial charge in [-0.1, -0.05) is 0 Å². The first-order valence-electron chi connectivity index (χ1n) is 6.43. The Hall–Kier alpha value is -1.04. The topological polar surface area (TPSA) is 63.5 Å². The number of hydrogen-bond donors (Lipinski definition) is 2. The third-order valence-electron chi connectivity index (χ3n) is 3.89. The molecule has 2 saturated heterocycles. The molecule has 6 heteroatoms. The van der Waals surface area contributed by atoms with Crippen LogP contribution < -0.4 is 10.6 Å². The molecule has 1 aromatic rings. The minimum Gasteiger partial charge on any atom is -0.467 e. The number of nitrogens with one attached hydrogen (secondary N) is 2. The second kappa shape index (κ2) is 6.41. The molecule has 3 rings (SSSR count). The van der Waals surface area contributed by atoms with Crippen molar-refractivity contribution in [2.24, 2.45) is 17.8 Å². The molecule has 0 aliphatic carbocycles. The van der Waals surface area contributed by atoms with Crippen LogP contribution in [0.25, 0.3) is 0 Å². The van der Waals surface area contributed by atoms with Crippen molar-refractivity contribution in [3.63, 3.8) is 0 Å². The molecule has 2 fully saturated rings. The standard InChI is InChI=1S/C13H18N2O3.ClH/c16-13(15-5-10-2-1-3-18-10)12-8-17-7-9-4-14-6-11(9)12;/h1-3,9,11-12,14H,4-8H2,(H,15,16);1H/t9-,11-,12-;/m1./s1. The van der Waals surface area contributed by atoms with E-state index in [2.05, 4.69) is 10.6 Å². The number of amides is 1. The van der Waals surface area contributed by atoms with Crippen molar-refractivity contribution in [3.8, 4) is 0 Å². The molecule has 106 valence electrons. The van der Waals surface area contributed by atoms with Crippen molar-refractivity contribution in [2.45, 2.75) is 6.54 Å². The maximum atomic E-state index is 12.2. The van der Waals surface area contributed by atoms with Crippen LogP contribution in [-0.4, -0.2) is 32.2 Å². The van der Waals surface area contributed by atoms with Gasteiger partial charge in [0.05, 0.1) is 31.9 Å². The molecule has 0 aromatic carbocycles. The highest BCUT2D eigenvalue weighted by molar-refractivity contribution is 5.85. The number of halogens is 1. The molecule has 19 heavy (non-hydrogen) atoms. The molecule has 0 spiro atoms. The van der Waals surface area contributed by atoms with Gasteiger partial charge in [-0.3, -0.25) is 4.79 Å². The summed E-state index contributed by atoms with van der Waals surface area (Å²) in [7, 11) is 0. The van der Waals surface area contributed by atoms with E-state index in [-0.39, 0.29) is 24.2 Å². The number of carbonyl (C=O) groups is 1. The van der Waals surface area contributed by atoms with Gasteiger partial charge < -0.3 is 19.8 Å². The van der Waals surface area contributed by atoms with E-state index < -0.39 is 0 Å². The third-order valence-corrected chi connectivity index (χ3v) is 3.89. The molecule has 5 nitrogen and oxygen atoms in total. The Morgan fingerprint density at radius 1 is 1.42 bits per heavy atom. The fourth-order valence-corrected chi connectivity index (χ4v) is 2.87. The first-order chi connectivity index (χ1) is 8.84. The molecule has 2 N–H and O–H groups in total. The van der Waals surface area contributed by atoms with Crippen molar-refractivity contribution in [1.29, 1.82) is 0 Å². The molecule has 3 atom stereocenters. The van der Waals surface area contributed by atoms with Crippen LogP contribution in [0.3, 0.4) is 0 Å². The lowest BCUT2D eigenvalue weighted by atomic mass is 9.82. The Balaban J connectivity index is 0.00000133. The first-order valence-corrected chi connectivity index (χ1v) is 6.43. The monoisotopic (exact) mass is 286 g/mol. The number of furan rings is 1. The average molecular weight is 287 g/mol.